The Morgan fingerprint density at radius 1 is 1.15 bits per heavy atom. The Balaban J connectivity index is 1.72. The van der Waals surface area contributed by atoms with Crippen LogP contribution in [0.1, 0.15) is 16.1 Å². The van der Waals surface area contributed by atoms with Crippen LogP contribution in [0.5, 0.6) is 0 Å². The van der Waals surface area contributed by atoms with E-state index in [1.54, 1.807) is 48.5 Å². The van der Waals surface area contributed by atoms with Crippen LogP contribution in [0.25, 0.3) is 11.3 Å². The van der Waals surface area contributed by atoms with Crippen LogP contribution < -0.4 is 5.43 Å². The highest BCUT2D eigenvalue weighted by molar-refractivity contribution is 14.1. The number of hydrogen-bond acceptors (Lipinski definition) is 5. The van der Waals surface area contributed by atoms with E-state index in [4.69, 9.17) is 4.42 Å². The Bertz CT molecular complexity index is 997. The Hall–Kier alpha value is -3.01. The molecule has 3 aromatic rings. The van der Waals surface area contributed by atoms with Gasteiger partial charge in [-0.2, -0.15) is 5.10 Å². The molecule has 130 valence electrons. The zero-order valence-electron chi connectivity index (χ0n) is 13.3. The van der Waals surface area contributed by atoms with Gasteiger partial charge in [-0.3, -0.25) is 14.9 Å². The Morgan fingerprint density at radius 3 is 2.73 bits per heavy atom. The molecule has 0 unspecified atom stereocenters. The van der Waals surface area contributed by atoms with E-state index in [1.165, 1.54) is 12.3 Å². The van der Waals surface area contributed by atoms with Crippen molar-refractivity contribution in [3.8, 4) is 11.3 Å². The Kier molecular flexibility index (Phi) is 5.42. The maximum atomic E-state index is 12.0. The van der Waals surface area contributed by atoms with Gasteiger partial charge in [0.15, 0.2) is 0 Å². The van der Waals surface area contributed by atoms with Crippen molar-refractivity contribution in [3.63, 3.8) is 0 Å². The van der Waals surface area contributed by atoms with Gasteiger partial charge < -0.3 is 4.42 Å². The van der Waals surface area contributed by atoms with Crippen molar-refractivity contribution in [1.29, 1.82) is 0 Å². The molecular weight excluding hydrogens is 449 g/mol. The summed E-state index contributed by atoms with van der Waals surface area (Å²) in [5.74, 6) is 0.369. The summed E-state index contributed by atoms with van der Waals surface area (Å²) in [6, 6.07) is 16.6. The van der Waals surface area contributed by atoms with Gasteiger partial charge in [-0.05, 0) is 59.0 Å². The second-order valence-corrected chi connectivity index (χ2v) is 6.43. The molecule has 7 nitrogen and oxygen atoms in total. The number of nitro groups is 1. The van der Waals surface area contributed by atoms with Gasteiger partial charge in [-0.25, -0.2) is 5.43 Å². The monoisotopic (exact) mass is 461 g/mol. The van der Waals surface area contributed by atoms with Crippen LogP contribution in [0.3, 0.4) is 0 Å². The summed E-state index contributed by atoms with van der Waals surface area (Å²) in [5.41, 5.74) is 3.24. The first-order valence-electron chi connectivity index (χ1n) is 7.47. The van der Waals surface area contributed by atoms with E-state index in [-0.39, 0.29) is 11.6 Å². The number of carbonyl (C=O) groups excluding carboxylic acids is 1. The number of amides is 1. The van der Waals surface area contributed by atoms with Crippen molar-refractivity contribution in [1.82, 2.24) is 5.43 Å². The van der Waals surface area contributed by atoms with Crippen LogP contribution >= 0.6 is 22.6 Å². The molecule has 1 aromatic heterocycles. The van der Waals surface area contributed by atoms with Gasteiger partial charge >= 0.3 is 0 Å². The van der Waals surface area contributed by atoms with E-state index < -0.39 is 4.92 Å². The second-order valence-electron chi connectivity index (χ2n) is 5.19. The summed E-state index contributed by atoms with van der Waals surface area (Å²) >= 11 is 2.12. The normalized spacial score (nSPS) is 10.8. The molecule has 2 aromatic carbocycles. The summed E-state index contributed by atoms with van der Waals surface area (Å²) in [4.78, 5) is 22.6. The molecule has 0 spiro atoms. The van der Waals surface area contributed by atoms with Crippen LogP contribution in [-0.4, -0.2) is 17.0 Å². The standard InChI is InChI=1S/C18H12IN3O4/c19-13-5-3-4-12(10-13)18(23)21-20-11-14-8-9-17(26-14)15-6-1-2-7-16(15)22(24)25/h1-11H,(H,21,23)/b20-11+. The number of nitrogens with one attached hydrogen (secondary N) is 1. The second kappa shape index (κ2) is 7.91. The first-order chi connectivity index (χ1) is 12.5. The van der Waals surface area contributed by atoms with E-state index in [0.29, 0.717) is 22.6 Å². The largest absolute Gasteiger partial charge is 0.455 e. The van der Waals surface area contributed by atoms with Gasteiger partial charge in [0.1, 0.15) is 11.5 Å². The first-order valence-corrected chi connectivity index (χ1v) is 8.55. The third-order valence-corrected chi connectivity index (χ3v) is 4.11. The number of benzene rings is 2. The number of para-hydroxylation sites is 1. The van der Waals surface area contributed by atoms with Gasteiger partial charge in [-0.15, -0.1) is 0 Å². The fourth-order valence-corrected chi connectivity index (χ4v) is 2.80. The molecule has 1 N–H and O–H groups in total. The van der Waals surface area contributed by atoms with Gasteiger partial charge in [0.2, 0.25) is 0 Å². The highest BCUT2D eigenvalue weighted by Crippen LogP contribution is 2.30. The van der Waals surface area contributed by atoms with Gasteiger partial charge in [0, 0.05) is 15.2 Å². The van der Waals surface area contributed by atoms with Gasteiger partial charge in [0.25, 0.3) is 11.6 Å². The quantitative estimate of drug-likeness (QED) is 0.266. The smallest absolute Gasteiger partial charge is 0.280 e. The van der Waals surface area contributed by atoms with Crippen molar-refractivity contribution >= 4 is 40.4 Å². The molecule has 1 amide bonds. The van der Waals surface area contributed by atoms with E-state index in [0.717, 1.165) is 3.57 Å². The summed E-state index contributed by atoms with van der Waals surface area (Å²) in [5, 5.41) is 15.0. The van der Waals surface area contributed by atoms with Crippen molar-refractivity contribution in [3.05, 3.63) is 85.7 Å². The molecular formula is C18H12IN3O4. The van der Waals surface area contributed by atoms with E-state index in [9.17, 15) is 14.9 Å². The number of furan rings is 1. The number of rotatable bonds is 5. The lowest BCUT2D eigenvalue weighted by Gasteiger charge is -2.00. The molecule has 1 heterocycles. The minimum absolute atomic E-state index is 0.0441. The predicted octanol–water partition coefficient (Wildman–Crippen LogP) is 4.22. The number of carbonyl (C=O) groups is 1. The Labute approximate surface area is 162 Å². The lowest BCUT2D eigenvalue weighted by atomic mass is 10.1. The Morgan fingerprint density at radius 2 is 1.96 bits per heavy atom. The van der Waals surface area contributed by atoms with Crippen molar-refractivity contribution in [2.45, 2.75) is 0 Å². The fraction of sp³-hybridized carbons (Fsp3) is 0. The van der Waals surface area contributed by atoms with Gasteiger partial charge in [0.05, 0.1) is 16.7 Å². The minimum atomic E-state index is -0.465. The lowest BCUT2D eigenvalue weighted by molar-refractivity contribution is -0.384. The molecule has 8 heteroatoms. The number of halogens is 1. The maximum Gasteiger partial charge on any atom is 0.280 e. The topological polar surface area (TPSA) is 97.7 Å². The van der Waals surface area contributed by atoms with Crippen molar-refractivity contribution in [2.24, 2.45) is 5.10 Å². The highest BCUT2D eigenvalue weighted by Gasteiger charge is 2.16. The third-order valence-electron chi connectivity index (χ3n) is 3.44. The summed E-state index contributed by atoms with van der Waals surface area (Å²) in [6.45, 7) is 0. The summed E-state index contributed by atoms with van der Waals surface area (Å²) in [7, 11) is 0. The molecule has 0 radical (unpaired) electrons. The number of hydrazone groups is 1. The van der Waals surface area contributed by atoms with Crippen LogP contribution in [0, 0.1) is 13.7 Å². The number of hydrogen-bond donors (Lipinski definition) is 1. The van der Waals surface area contributed by atoms with E-state index >= 15 is 0 Å². The first kappa shape index (κ1) is 17.8. The van der Waals surface area contributed by atoms with Crippen LogP contribution in [0.2, 0.25) is 0 Å². The molecule has 0 fully saturated rings. The number of nitrogens with zero attached hydrogens (tertiary/aromatic N) is 2. The molecule has 0 bridgehead atoms. The number of nitro benzene ring substituents is 1. The lowest BCUT2D eigenvalue weighted by Crippen LogP contribution is -2.17. The third kappa shape index (κ3) is 4.14. The zero-order chi connectivity index (χ0) is 18.5. The predicted molar refractivity (Wildman–Crippen MR) is 105 cm³/mol. The molecule has 0 aliphatic carbocycles. The van der Waals surface area contributed by atoms with Crippen molar-refractivity contribution < 1.29 is 14.1 Å². The molecule has 0 aliphatic heterocycles. The SMILES string of the molecule is O=C(N/N=C/c1ccc(-c2ccccc2[N+](=O)[O-])o1)c1cccc(I)c1. The van der Waals surface area contributed by atoms with Crippen LogP contribution in [0.4, 0.5) is 5.69 Å². The van der Waals surface area contributed by atoms with Gasteiger partial charge in [-0.1, -0.05) is 18.2 Å². The highest BCUT2D eigenvalue weighted by atomic mass is 127. The molecule has 0 atom stereocenters. The molecule has 0 saturated heterocycles. The summed E-state index contributed by atoms with van der Waals surface area (Å²) in [6.07, 6.45) is 1.34. The molecule has 3 rings (SSSR count). The molecule has 0 saturated carbocycles. The maximum absolute atomic E-state index is 12.0. The minimum Gasteiger partial charge on any atom is -0.455 e. The molecule has 26 heavy (non-hydrogen) atoms. The van der Waals surface area contributed by atoms with Crippen LogP contribution in [-0.2, 0) is 0 Å². The average Bonchev–Trinajstić information content (AvgIpc) is 3.10. The fourth-order valence-electron chi connectivity index (χ4n) is 2.26. The zero-order valence-corrected chi connectivity index (χ0v) is 15.4. The summed E-state index contributed by atoms with van der Waals surface area (Å²) < 4.78 is 6.50. The van der Waals surface area contributed by atoms with E-state index in [2.05, 4.69) is 33.1 Å². The van der Waals surface area contributed by atoms with Crippen LogP contribution in [0.15, 0.2) is 70.2 Å². The molecule has 0 aliphatic rings. The van der Waals surface area contributed by atoms with E-state index in [1.807, 2.05) is 6.07 Å². The average molecular weight is 461 g/mol. The van der Waals surface area contributed by atoms with Crippen molar-refractivity contribution in [2.75, 3.05) is 0 Å².